The SMILES string of the molecule is O=C(Cc1ccccc1O)NC1CC(O)C1. The number of phenolic OH excluding ortho intramolecular Hbond substituents is 1. The van der Waals surface area contributed by atoms with E-state index >= 15 is 0 Å². The lowest BCUT2D eigenvalue weighted by Crippen LogP contribution is -2.47. The van der Waals surface area contributed by atoms with Crippen LogP contribution in [0.15, 0.2) is 24.3 Å². The van der Waals surface area contributed by atoms with Gasteiger partial charge >= 0.3 is 0 Å². The molecule has 4 nitrogen and oxygen atoms in total. The normalized spacial score (nSPS) is 23.6. The molecule has 1 aromatic rings. The maximum atomic E-state index is 11.6. The third kappa shape index (κ3) is 2.52. The van der Waals surface area contributed by atoms with Gasteiger partial charge in [-0.25, -0.2) is 0 Å². The maximum absolute atomic E-state index is 11.6. The number of benzene rings is 1. The molecule has 1 aliphatic carbocycles. The Morgan fingerprint density at radius 1 is 1.38 bits per heavy atom. The molecule has 1 saturated carbocycles. The Balaban J connectivity index is 1.85. The molecule has 0 aliphatic heterocycles. The first-order chi connectivity index (χ1) is 7.65. The van der Waals surface area contributed by atoms with Gasteiger partial charge in [-0.05, 0) is 18.9 Å². The summed E-state index contributed by atoms with van der Waals surface area (Å²) in [4.78, 5) is 11.6. The zero-order chi connectivity index (χ0) is 11.5. The number of para-hydroxylation sites is 1. The van der Waals surface area contributed by atoms with Gasteiger partial charge in [0.15, 0.2) is 0 Å². The molecular weight excluding hydrogens is 206 g/mol. The summed E-state index contributed by atoms with van der Waals surface area (Å²) < 4.78 is 0. The van der Waals surface area contributed by atoms with Gasteiger partial charge in [0.05, 0.1) is 12.5 Å². The fourth-order valence-electron chi connectivity index (χ4n) is 1.82. The summed E-state index contributed by atoms with van der Waals surface area (Å²) in [6.07, 6.45) is 1.17. The number of carbonyl (C=O) groups excluding carboxylic acids is 1. The highest BCUT2D eigenvalue weighted by Crippen LogP contribution is 2.20. The summed E-state index contributed by atoms with van der Waals surface area (Å²) in [6.45, 7) is 0. The van der Waals surface area contributed by atoms with Crippen molar-refractivity contribution >= 4 is 5.91 Å². The quantitative estimate of drug-likeness (QED) is 0.699. The third-order valence-electron chi connectivity index (χ3n) is 2.82. The number of aliphatic hydroxyl groups is 1. The largest absolute Gasteiger partial charge is 0.508 e. The predicted octanol–water partition coefficient (Wildman–Crippen LogP) is 0.574. The molecule has 86 valence electrons. The van der Waals surface area contributed by atoms with Gasteiger partial charge in [-0.3, -0.25) is 4.79 Å². The summed E-state index contributed by atoms with van der Waals surface area (Å²) in [5.74, 6) is 0.0321. The number of carbonyl (C=O) groups is 1. The van der Waals surface area contributed by atoms with Crippen molar-refractivity contribution in [3.8, 4) is 5.75 Å². The molecule has 0 unspecified atom stereocenters. The minimum Gasteiger partial charge on any atom is -0.508 e. The molecule has 2 rings (SSSR count). The van der Waals surface area contributed by atoms with Crippen LogP contribution in [0.1, 0.15) is 18.4 Å². The lowest BCUT2D eigenvalue weighted by Gasteiger charge is -2.31. The van der Waals surface area contributed by atoms with E-state index in [2.05, 4.69) is 5.32 Å². The Morgan fingerprint density at radius 2 is 2.06 bits per heavy atom. The minimum atomic E-state index is -0.268. The molecule has 1 aliphatic rings. The highest BCUT2D eigenvalue weighted by molar-refractivity contribution is 5.79. The van der Waals surface area contributed by atoms with Gasteiger partial charge in [0, 0.05) is 11.6 Å². The zero-order valence-corrected chi connectivity index (χ0v) is 8.89. The molecule has 0 heterocycles. The number of hydrogen-bond donors (Lipinski definition) is 3. The molecular formula is C12H15NO3. The average molecular weight is 221 g/mol. The highest BCUT2D eigenvalue weighted by atomic mass is 16.3. The van der Waals surface area contributed by atoms with Gasteiger partial charge in [-0.15, -0.1) is 0 Å². The predicted molar refractivity (Wildman–Crippen MR) is 59.0 cm³/mol. The van der Waals surface area contributed by atoms with Crippen molar-refractivity contribution in [3.63, 3.8) is 0 Å². The van der Waals surface area contributed by atoms with Gasteiger partial charge in [0.1, 0.15) is 5.75 Å². The molecule has 1 aromatic carbocycles. The van der Waals surface area contributed by atoms with Crippen LogP contribution in [0.2, 0.25) is 0 Å². The molecule has 0 bridgehead atoms. The Morgan fingerprint density at radius 3 is 2.69 bits per heavy atom. The van der Waals surface area contributed by atoms with E-state index in [9.17, 15) is 9.90 Å². The van der Waals surface area contributed by atoms with Crippen molar-refractivity contribution in [3.05, 3.63) is 29.8 Å². The second kappa shape index (κ2) is 4.53. The average Bonchev–Trinajstić information content (AvgIpc) is 2.19. The van der Waals surface area contributed by atoms with Crippen molar-refractivity contribution in [2.24, 2.45) is 0 Å². The second-order valence-corrected chi connectivity index (χ2v) is 4.20. The van der Waals surface area contributed by atoms with E-state index in [0.717, 1.165) is 0 Å². The first-order valence-corrected chi connectivity index (χ1v) is 5.39. The van der Waals surface area contributed by atoms with E-state index in [1.807, 2.05) is 0 Å². The van der Waals surface area contributed by atoms with Crippen LogP contribution < -0.4 is 5.32 Å². The first kappa shape index (κ1) is 11.0. The molecule has 0 atom stereocenters. The van der Waals surface area contributed by atoms with Gasteiger partial charge in [0.2, 0.25) is 5.91 Å². The van der Waals surface area contributed by atoms with E-state index in [0.29, 0.717) is 18.4 Å². The van der Waals surface area contributed by atoms with Crippen molar-refractivity contribution in [2.75, 3.05) is 0 Å². The number of aromatic hydroxyl groups is 1. The number of hydrogen-bond acceptors (Lipinski definition) is 3. The molecule has 0 spiro atoms. The van der Waals surface area contributed by atoms with Crippen LogP contribution in [-0.4, -0.2) is 28.3 Å². The van der Waals surface area contributed by atoms with Crippen LogP contribution in [-0.2, 0) is 11.2 Å². The van der Waals surface area contributed by atoms with Crippen LogP contribution in [0.25, 0.3) is 0 Å². The number of rotatable bonds is 3. The number of aliphatic hydroxyl groups excluding tert-OH is 1. The molecule has 0 saturated heterocycles. The monoisotopic (exact) mass is 221 g/mol. The number of nitrogens with one attached hydrogen (secondary N) is 1. The van der Waals surface area contributed by atoms with Gasteiger partial charge in [-0.2, -0.15) is 0 Å². The van der Waals surface area contributed by atoms with Crippen molar-refractivity contribution in [2.45, 2.75) is 31.4 Å². The molecule has 16 heavy (non-hydrogen) atoms. The van der Waals surface area contributed by atoms with Crippen LogP contribution in [0.5, 0.6) is 5.75 Å². The Bertz CT molecular complexity index is 386. The van der Waals surface area contributed by atoms with Crippen LogP contribution in [0.4, 0.5) is 0 Å². The molecule has 0 aromatic heterocycles. The van der Waals surface area contributed by atoms with Crippen LogP contribution >= 0.6 is 0 Å². The number of phenols is 1. The summed E-state index contributed by atoms with van der Waals surface area (Å²) in [5, 5.41) is 21.4. The lowest BCUT2D eigenvalue weighted by atomic mass is 9.89. The summed E-state index contributed by atoms with van der Waals surface area (Å²) in [6, 6.07) is 6.89. The summed E-state index contributed by atoms with van der Waals surface area (Å²) in [7, 11) is 0. The van der Waals surface area contributed by atoms with Crippen molar-refractivity contribution in [1.29, 1.82) is 0 Å². The van der Waals surface area contributed by atoms with E-state index in [-0.39, 0.29) is 30.2 Å². The van der Waals surface area contributed by atoms with E-state index in [1.54, 1.807) is 24.3 Å². The molecule has 1 fully saturated rings. The van der Waals surface area contributed by atoms with Gasteiger partial charge in [0.25, 0.3) is 0 Å². The van der Waals surface area contributed by atoms with Crippen molar-refractivity contribution < 1.29 is 15.0 Å². The minimum absolute atomic E-state index is 0.0911. The van der Waals surface area contributed by atoms with Gasteiger partial charge < -0.3 is 15.5 Å². The maximum Gasteiger partial charge on any atom is 0.224 e. The fraction of sp³-hybridized carbons (Fsp3) is 0.417. The fourth-order valence-corrected chi connectivity index (χ4v) is 1.82. The second-order valence-electron chi connectivity index (χ2n) is 4.20. The summed E-state index contributed by atoms with van der Waals surface area (Å²) >= 11 is 0. The number of amides is 1. The third-order valence-corrected chi connectivity index (χ3v) is 2.82. The summed E-state index contributed by atoms with van der Waals surface area (Å²) in [5.41, 5.74) is 0.625. The standard InChI is InChI=1S/C12H15NO3/c14-10-6-9(7-10)13-12(16)5-8-3-1-2-4-11(8)15/h1-4,9-10,14-15H,5-7H2,(H,13,16). The van der Waals surface area contributed by atoms with E-state index < -0.39 is 0 Å². The lowest BCUT2D eigenvalue weighted by molar-refractivity contribution is -0.122. The molecule has 4 heteroatoms. The van der Waals surface area contributed by atoms with Crippen molar-refractivity contribution in [1.82, 2.24) is 5.32 Å². The Labute approximate surface area is 93.9 Å². The van der Waals surface area contributed by atoms with Gasteiger partial charge in [-0.1, -0.05) is 18.2 Å². The Kier molecular flexibility index (Phi) is 3.10. The van der Waals surface area contributed by atoms with E-state index in [1.165, 1.54) is 0 Å². The van der Waals surface area contributed by atoms with E-state index in [4.69, 9.17) is 5.11 Å². The Hall–Kier alpha value is -1.55. The van der Waals surface area contributed by atoms with Crippen LogP contribution in [0.3, 0.4) is 0 Å². The zero-order valence-electron chi connectivity index (χ0n) is 8.89. The molecule has 0 radical (unpaired) electrons. The van der Waals surface area contributed by atoms with Crippen LogP contribution in [0, 0.1) is 0 Å². The highest BCUT2D eigenvalue weighted by Gasteiger charge is 2.28. The first-order valence-electron chi connectivity index (χ1n) is 5.39. The molecule has 3 N–H and O–H groups in total. The smallest absolute Gasteiger partial charge is 0.224 e. The topological polar surface area (TPSA) is 69.6 Å². The molecule has 1 amide bonds.